The second-order valence-electron chi connectivity index (χ2n) is 10.5. The number of benzene rings is 2. The fourth-order valence-electron chi connectivity index (χ4n) is 4.40. The van der Waals surface area contributed by atoms with Crippen LogP contribution in [0.4, 0.5) is 4.39 Å². The summed E-state index contributed by atoms with van der Waals surface area (Å²) in [7, 11) is 0. The first-order valence-corrected chi connectivity index (χ1v) is 14.2. The Hall–Kier alpha value is -3.87. The molecule has 4 aromatic rings. The highest BCUT2D eigenvalue weighted by atomic mass is 32.1. The topological polar surface area (TPSA) is 105 Å². The number of halogens is 1. The molecular weight excluding hydrogens is 525 g/mol. The van der Waals surface area contributed by atoms with E-state index in [1.165, 1.54) is 6.07 Å². The third-order valence-corrected chi connectivity index (χ3v) is 7.39. The van der Waals surface area contributed by atoms with Crippen molar-refractivity contribution < 1.29 is 13.9 Å². The Balaban J connectivity index is 0.000000867. The van der Waals surface area contributed by atoms with Crippen LogP contribution in [0.25, 0.3) is 10.2 Å². The van der Waals surface area contributed by atoms with Crippen molar-refractivity contribution in [3.63, 3.8) is 0 Å². The quantitative estimate of drug-likeness (QED) is 0.280. The van der Waals surface area contributed by atoms with Gasteiger partial charge in [0.2, 0.25) is 11.8 Å². The molecule has 7 nitrogen and oxygen atoms in total. The van der Waals surface area contributed by atoms with E-state index >= 15 is 0 Å². The maximum Gasteiger partial charge on any atom is 0.248 e. The molecule has 9 heteroatoms. The molecule has 0 aliphatic carbocycles. The number of nitrogens with two attached hydrogens (primary N) is 1. The summed E-state index contributed by atoms with van der Waals surface area (Å²) in [6.45, 7) is 9.17. The lowest BCUT2D eigenvalue weighted by molar-refractivity contribution is 0.100. The normalized spacial score (nSPS) is 14.0. The molecule has 40 heavy (non-hydrogen) atoms. The van der Waals surface area contributed by atoms with Gasteiger partial charge in [0.1, 0.15) is 17.4 Å². The molecule has 0 atom stereocenters. The SMILES string of the molecule is CC(C)C.N#Cc1ccc(COc2cccc(C3CCN(Cc4nc5ccc(C(N)=O)cc5s4)CC3)n2)c(F)c1. The highest BCUT2D eigenvalue weighted by Gasteiger charge is 2.23. The van der Waals surface area contributed by atoms with Crippen LogP contribution < -0.4 is 10.5 Å². The molecule has 5 rings (SSSR count). The highest BCUT2D eigenvalue weighted by Crippen LogP contribution is 2.30. The van der Waals surface area contributed by atoms with E-state index in [1.807, 2.05) is 30.3 Å². The number of fused-ring (bicyclic) bond motifs is 1. The molecule has 1 amide bonds. The van der Waals surface area contributed by atoms with Gasteiger partial charge in [0.05, 0.1) is 28.4 Å². The molecule has 1 aliphatic heterocycles. The van der Waals surface area contributed by atoms with Crippen LogP contribution in [-0.4, -0.2) is 33.9 Å². The fraction of sp³-hybridized carbons (Fsp3) is 0.355. The Labute approximate surface area is 238 Å². The molecule has 2 aromatic heterocycles. The van der Waals surface area contributed by atoms with Gasteiger partial charge in [0, 0.05) is 28.8 Å². The third-order valence-electron chi connectivity index (χ3n) is 6.38. The van der Waals surface area contributed by atoms with Crippen LogP contribution in [-0.2, 0) is 13.2 Å². The standard InChI is InChI=1S/C27H24FN5O2S.C4H10/c28-21-12-17(14-29)4-5-20(21)16-35-25-3-1-2-22(31-25)18-8-10-33(11-9-18)15-26-32-23-7-6-19(27(30)34)13-24(23)36-26;1-4(2)3/h1-7,12-13,18H,8-11,15-16H2,(H2,30,34);4H,1-3H3. The number of hydrogen-bond acceptors (Lipinski definition) is 7. The number of amides is 1. The Morgan fingerprint density at radius 3 is 2.58 bits per heavy atom. The molecule has 0 saturated carbocycles. The molecule has 1 saturated heterocycles. The number of nitrogens with zero attached hydrogens (tertiary/aromatic N) is 4. The number of aromatic nitrogens is 2. The van der Waals surface area contributed by atoms with Gasteiger partial charge in [-0.3, -0.25) is 9.69 Å². The lowest BCUT2D eigenvalue weighted by atomic mass is 9.93. The van der Waals surface area contributed by atoms with Crippen molar-refractivity contribution in [3.05, 3.63) is 87.8 Å². The van der Waals surface area contributed by atoms with Gasteiger partial charge in [0.25, 0.3) is 0 Å². The van der Waals surface area contributed by atoms with Crippen LogP contribution in [0.3, 0.4) is 0 Å². The number of ether oxygens (including phenoxy) is 1. The second kappa shape index (κ2) is 13.5. The van der Waals surface area contributed by atoms with Crippen LogP contribution in [0.1, 0.15) is 71.7 Å². The molecule has 0 spiro atoms. The minimum Gasteiger partial charge on any atom is -0.473 e. The second-order valence-corrected chi connectivity index (χ2v) is 11.7. The van der Waals surface area contributed by atoms with E-state index in [9.17, 15) is 9.18 Å². The van der Waals surface area contributed by atoms with E-state index in [1.54, 1.807) is 35.6 Å². The Bertz CT molecular complexity index is 1500. The minimum atomic E-state index is -0.459. The predicted octanol–water partition coefficient (Wildman–Crippen LogP) is 6.42. The van der Waals surface area contributed by atoms with Crippen LogP contribution in [0.5, 0.6) is 5.88 Å². The van der Waals surface area contributed by atoms with Crippen LogP contribution in [0, 0.1) is 23.1 Å². The van der Waals surface area contributed by atoms with Gasteiger partial charge in [-0.2, -0.15) is 5.26 Å². The molecular formula is C31H34FN5O2S. The number of pyridine rings is 1. The lowest BCUT2D eigenvalue weighted by Gasteiger charge is -2.31. The lowest BCUT2D eigenvalue weighted by Crippen LogP contribution is -2.32. The number of carbonyl (C=O) groups is 1. The summed E-state index contributed by atoms with van der Waals surface area (Å²) < 4.78 is 20.9. The molecule has 2 aromatic carbocycles. The first kappa shape index (κ1) is 29.1. The fourth-order valence-corrected chi connectivity index (χ4v) is 5.44. The number of hydrogen-bond donors (Lipinski definition) is 1. The van der Waals surface area contributed by atoms with Gasteiger partial charge in [0.15, 0.2) is 0 Å². The van der Waals surface area contributed by atoms with E-state index in [-0.39, 0.29) is 12.2 Å². The number of likely N-dealkylation sites (tertiary alicyclic amines) is 1. The van der Waals surface area contributed by atoms with Crippen molar-refractivity contribution in [2.75, 3.05) is 13.1 Å². The molecule has 1 aliphatic rings. The van der Waals surface area contributed by atoms with Crippen molar-refractivity contribution in [1.82, 2.24) is 14.9 Å². The van der Waals surface area contributed by atoms with Crippen LogP contribution in [0.2, 0.25) is 0 Å². The molecule has 0 radical (unpaired) electrons. The van der Waals surface area contributed by atoms with Crippen molar-refractivity contribution in [2.24, 2.45) is 11.7 Å². The largest absolute Gasteiger partial charge is 0.473 e. The molecule has 3 heterocycles. The van der Waals surface area contributed by atoms with E-state index in [4.69, 9.17) is 20.7 Å². The maximum atomic E-state index is 14.1. The number of carbonyl (C=O) groups excluding carboxylic acids is 1. The van der Waals surface area contributed by atoms with Crippen LogP contribution >= 0.6 is 11.3 Å². The van der Waals surface area contributed by atoms with Gasteiger partial charge in [-0.05, 0) is 68.2 Å². The average molecular weight is 560 g/mol. The highest BCUT2D eigenvalue weighted by molar-refractivity contribution is 7.18. The van der Waals surface area contributed by atoms with E-state index < -0.39 is 11.7 Å². The zero-order chi connectivity index (χ0) is 28.6. The summed E-state index contributed by atoms with van der Waals surface area (Å²) >= 11 is 1.60. The number of rotatable bonds is 7. The summed E-state index contributed by atoms with van der Waals surface area (Å²) in [5, 5.41) is 9.91. The van der Waals surface area contributed by atoms with Crippen molar-refractivity contribution in [3.8, 4) is 11.9 Å². The zero-order valence-electron chi connectivity index (χ0n) is 23.1. The summed E-state index contributed by atoms with van der Waals surface area (Å²) in [5.74, 6) is 0.728. The van der Waals surface area contributed by atoms with E-state index in [2.05, 4.69) is 30.7 Å². The summed E-state index contributed by atoms with van der Waals surface area (Å²) in [5.41, 5.74) is 8.42. The molecule has 0 unspecified atom stereocenters. The minimum absolute atomic E-state index is 0.0511. The molecule has 1 fully saturated rings. The number of piperidine rings is 1. The van der Waals surface area contributed by atoms with Gasteiger partial charge >= 0.3 is 0 Å². The van der Waals surface area contributed by atoms with Gasteiger partial charge in [-0.15, -0.1) is 11.3 Å². The van der Waals surface area contributed by atoms with Gasteiger partial charge in [-0.1, -0.05) is 32.9 Å². The first-order valence-electron chi connectivity index (χ1n) is 13.4. The Kier molecular flexibility index (Phi) is 9.80. The smallest absolute Gasteiger partial charge is 0.248 e. The van der Waals surface area contributed by atoms with Crippen molar-refractivity contribution >= 4 is 27.5 Å². The molecule has 2 N–H and O–H groups in total. The number of primary amides is 1. The molecule has 0 bridgehead atoms. The Morgan fingerprint density at radius 2 is 1.90 bits per heavy atom. The van der Waals surface area contributed by atoms with Gasteiger partial charge in [-0.25, -0.2) is 14.4 Å². The first-order chi connectivity index (χ1) is 19.2. The van der Waals surface area contributed by atoms with Gasteiger partial charge < -0.3 is 10.5 Å². The predicted molar refractivity (Wildman–Crippen MR) is 156 cm³/mol. The Morgan fingerprint density at radius 1 is 1.15 bits per heavy atom. The number of thiazole rings is 1. The van der Waals surface area contributed by atoms with E-state index in [0.717, 1.165) is 59.3 Å². The van der Waals surface area contributed by atoms with Crippen molar-refractivity contribution in [2.45, 2.75) is 52.7 Å². The summed E-state index contributed by atoms with van der Waals surface area (Å²) in [4.78, 5) is 23.2. The summed E-state index contributed by atoms with van der Waals surface area (Å²) in [6.07, 6.45) is 1.94. The number of nitriles is 1. The monoisotopic (exact) mass is 559 g/mol. The van der Waals surface area contributed by atoms with E-state index in [0.29, 0.717) is 22.9 Å². The third kappa shape index (κ3) is 7.84. The maximum absolute atomic E-state index is 14.1. The van der Waals surface area contributed by atoms with Crippen LogP contribution in [0.15, 0.2) is 54.6 Å². The average Bonchev–Trinajstić information content (AvgIpc) is 3.34. The van der Waals surface area contributed by atoms with Crippen molar-refractivity contribution in [1.29, 1.82) is 5.26 Å². The molecule has 208 valence electrons. The summed E-state index contributed by atoms with van der Waals surface area (Å²) in [6, 6.07) is 17.3. The zero-order valence-corrected chi connectivity index (χ0v) is 23.9.